The Labute approximate surface area is 219 Å². The number of halogens is 2. The molecule has 3 unspecified atom stereocenters. The highest BCUT2D eigenvalue weighted by molar-refractivity contribution is 7.19. The first-order chi connectivity index (χ1) is 16.3. The number of ether oxygens (including phenoxy) is 1. The Morgan fingerprint density at radius 3 is 2.69 bits per heavy atom. The number of carbonyl (C=O) groups is 2. The molecule has 0 spiro atoms. The van der Waals surface area contributed by atoms with Gasteiger partial charge in [0.2, 0.25) is 11.8 Å². The van der Waals surface area contributed by atoms with Gasteiger partial charge in [-0.3, -0.25) is 19.5 Å². The molecule has 0 aromatic carbocycles. The lowest BCUT2D eigenvalue weighted by molar-refractivity contribution is -0.143. The van der Waals surface area contributed by atoms with Gasteiger partial charge in [-0.25, -0.2) is 0 Å². The summed E-state index contributed by atoms with van der Waals surface area (Å²) >= 11 is 8.16. The minimum Gasteiger partial charge on any atom is -0.374 e. The fourth-order valence-corrected chi connectivity index (χ4v) is 6.92. The molecule has 0 bridgehead atoms. The minimum atomic E-state index is -0.195. The summed E-state index contributed by atoms with van der Waals surface area (Å²) in [7, 11) is 0. The van der Waals surface area contributed by atoms with Gasteiger partial charge in [0.1, 0.15) is 0 Å². The van der Waals surface area contributed by atoms with Gasteiger partial charge in [-0.15, -0.1) is 23.7 Å². The Kier molecular flexibility index (Phi) is 6.25. The van der Waals surface area contributed by atoms with Gasteiger partial charge >= 0.3 is 0 Å². The van der Waals surface area contributed by atoms with Crippen molar-refractivity contribution in [2.45, 2.75) is 40.0 Å². The van der Waals surface area contributed by atoms with Crippen LogP contribution in [-0.4, -0.2) is 52.1 Å². The SMILES string of the molecule is Cc1c(Cl)cc(-c2ccnc3cc(CN4C(=O)C5C(C4=O)C5(C)C)sc23)n1CC1CNCCO1.Cl. The number of carbonyl (C=O) groups excluding carboxylic acids is 2. The molecule has 2 amide bonds. The zero-order valence-electron chi connectivity index (χ0n) is 19.8. The van der Waals surface area contributed by atoms with Gasteiger partial charge in [-0.05, 0) is 30.5 Å². The van der Waals surface area contributed by atoms with Crippen molar-refractivity contribution in [1.82, 2.24) is 19.8 Å². The lowest BCUT2D eigenvalue weighted by atomic mass is 10.1. The van der Waals surface area contributed by atoms with E-state index in [0.29, 0.717) is 19.7 Å². The van der Waals surface area contributed by atoms with Crippen molar-refractivity contribution in [2.75, 3.05) is 19.7 Å². The second-order valence-corrected chi connectivity index (χ2v) is 11.6. The molecule has 3 aromatic heterocycles. The van der Waals surface area contributed by atoms with Crippen LogP contribution >= 0.6 is 35.3 Å². The monoisotopic (exact) mass is 534 g/mol. The van der Waals surface area contributed by atoms with Gasteiger partial charge in [-0.2, -0.15) is 0 Å². The molecule has 3 atom stereocenters. The highest BCUT2D eigenvalue weighted by atomic mass is 35.5. The van der Waals surface area contributed by atoms with E-state index >= 15 is 0 Å². The second kappa shape index (κ2) is 8.85. The zero-order chi connectivity index (χ0) is 23.8. The van der Waals surface area contributed by atoms with Gasteiger partial charge in [-0.1, -0.05) is 25.4 Å². The molecule has 2 saturated heterocycles. The van der Waals surface area contributed by atoms with Crippen LogP contribution in [0.3, 0.4) is 0 Å². The summed E-state index contributed by atoms with van der Waals surface area (Å²) in [5, 5.41) is 4.11. The quantitative estimate of drug-likeness (QED) is 0.494. The summed E-state index contributed by atoms with van der Waals surface area (Å²) in [5.41, 5.74) is 3.73. The number of rotatable bonds is 5. The molecule has 1 saturated carbocycles. The molecule has 10 heteroatoms. The molecule has 0 radical (unpaired) electrons. The van der Waals surface area contributed by atoms with Crippen molar-refractivity contribution in [3.8, 4) is 11.3 Å². The van der Waals surface area contributed by atoms with Crippen molar-refractivity contribution >= 4 is 57.4 Å². The Bertz CT molecular complexity index is 1300. The molecule has 1 N–H and O–H groups in total. The van der Waals surface area contributed by atoms with Crippen molar-refractivity contribution in [3.63, 3.8) is 0 Å². The average molecular weight is 535 g/mol. The number of imide groups is 1. The van der Waals surface area contributed by atoms with Gasteiger partial charge in [0.05, 0.1) is 58.6 Å². The third-order valence-corrected chi connectivity index (χ3v) is 9.16. The van der Waals surface area contributed by atoms with Crippen molar-refractivity contribution in [1.29, 1.82) is 0 Å². The number of thiophene rings is 1. The van der Waals surface area contributed by atoms with E-state index < -0.39 is 0 Å². The van der Waals surface area contributed by atoms with Crippen molar-refractivity contribution in [2.24, 2.45) is 17.3 Å². The number of piperidine rings is 1. The highest BCUT2D eigenvalue weighted by Crippen LogP contribution is 2.63. The third kappa shape index (κ3) is 3.90. The Morgan fingerprint density at radius 2 is 2.00 bits per heavy atom. The van der Waals surface area contributed by atoms with Crippen LogP contribution in [0.2, 0.25) is 5.02 Å². The number of nitrogens with zero attached hydrogens (tertiary/aromatic N) is 3. The molecule has 186 valence electrons. The van der Waals surface area contributed by atoms with Gasteiger partial charge < -0.3 is 14.6 Å². The largest absolute Gasteiger partial charge is 0.374 e. The molecule has 7 nitrogen and oxygen atoms in total. The Morgan fingerprint density at radius 1 is 1.26 bits per heavy atom. The zero-order valence-corrected chi connectivity index (χ0v) is 22.2. The van der Waals surface area contributed by atoms with E-state index in [-0.39, 0.29) is 47.6 Å². The predicted molar refractivity (Wildman–Crippen MR) is 139 cm³/mol. The number of nitrogens with one attached hydrogen (secondary N) is 1. The summed E-state index contributed by atoms with van der Waals surface area (Å²) in [6, 6.07) is 6.01. The first kappa shape index (κ1) is 24.7. The van der Waals surface area contributed by atoms with Gasteiger partial charge in [0.15, 0.2) is 0 Å². The molecule has 3 fully saturated rings. The van der Waals surface area contributed by atoms with Gasteiger partial charge in [0, 0.05) is 35.4 Å². The normalized spacial score (nSPS) is 25.1. The molecular weight excluding hydrogens is 507 g/mol. The van der Waals surface area contributed by atoms with E-state index in [9.17, 15) is 9.59 Å². The maximum absolute atomic E-state index is 12.8. The van der Waals surface area contributed by atoms with E-state index in [2.05, 4.69) is 14.9 Å². The van der Waals surface area contributed by atoms with Crippen LogP contribution in [-0.2, 0) is 27.4 Å². The molecule has 6 rings (SSSR count). The van der Waals surface area contributed by atoms with E-state index in [4.69, 9.17) is 16.3 Å². The highest BCUT2D eigenvalue weighted by Gasteiger charge is 2.72. The molecule has 35 heavy (non-hydrogen) atoms. The number of pyridine rings is 1. The molecular formula is C25H28Cl2N4O3S. The molecule has 1 aliphatic carbocycles. The lowest BCUT2D eigenvalue weighted by Gasteiger charge is -2.25. The van der Waals surface area contributed by atoms with Crippen LogP contribution in [0.4, 0.5) is 0 Å². The number of likely N-dealkylation sites (tertiary alicyclic amines) is 1. The number of aromatic nitrogens is 2. The second-order valence-electron chi connectivity index (χ2n) is 10.1. The molecule has 3 aromatic rings. The van der Waals surface area contributed by atoms with Gasteiger partial charge in [0.25, 0.3) is 0 Å². The number of hydrogen-bond acceptors (Lipinski definition) is 6. The number of hydrogen-bond donors (Lipinski definition) is 1. The summed E-state index contributed by atoms with van der Waals surface area (Å²) in [6.07, 6.45) is 1.88. The number of fused-ring (bicyclic) bond motifs is 2. The smallest absolute Gasteiger partial charge is 0.234 e. The van der Waals surface area contributed by atoms with Crippen LogP contribution in [0, 0.1) is 24.2 Å². The number of amides is 2. The minimum absolute atomic E-state index is 0. The fourth-order valence-electron chi connectivity index (χ4n) is 5.59. The Balaban J connectivity index is 0.00000253. The average Bonchev–Trinajstić information content (AvgIpc) is 3.08. The maximum Gasteiger partial charge on any atom is 0.234 e. The van der Waals surface area contributed by atoms with Crippen LogP contribution in [0.1, 0.15) is 24.4 Å². The molecule has 5 heterocycles. The predicted octanol–water partition coefficient (Wildman–Crippen LogP) is 4.28. The molecule has 3 aliphatic rings. The first-order valence-electron chi connectivity index (χ1n) is 11.7. The van der Waals surface area contributed by atoms with Crippen molar-refractivity contribution < 1.29 is 14.3 Å². The van der Waals surface area contributed by atoms with Crippen LogP contribution in [0.15, 0.2) is 24.4 Å². The van der Waals surface area contributed by atoms with Crippen molar-refractivity contribution in [3.05, 3.63) is 40.0 Å². The van der Waals surface area contributed by atoms with E-state index in [1.165, 1.54) is 4.90 Å². The van der Waals surface area contributed by atoms with Crippen LogP contribution < -0.4 is 5.32 Å². The summed E-state index contributed by atoms with van der Waals surface area (Å²) < 4.78 is 9.19. The first-order valence-corrected chi connectivity index (χ1v) is 12.9. The van der Waals surface area contributed by atoms with E-state index in [1.807, 2.05) is 39.0 Å². The summed E-state index contributed by atoms with van der Waals surface area (Å²) in [6.45, 7) is 9.43. The summed E-state index contributed by atoms with van der Waals surface area (Å²) in [5.74, 6) is -0.396. The standard InChI is InChI=1S/C25H27ClN4O3S.ClH/c1-13-17(26)9-19(29(13)11-14-10-27-6-7-33-14)16-4-5-28-18-8-15(34-22(16)18)12-30-23(31)20-21(24(30)32)25(20,2)3;/h4-5,8-9,14,20-21,27H,6-7,10-12H2,1-3H3;1H. The lowest BCUT2D eigenvalue weighted by Crippen LogP contribution is -2.40. The van der Waals surface area contributed by atoms with Crippen LogP contribution in [0.25, 0.3) is 21.5 Å². The fraction of sp³-hybridized carbons (Fsp3) is 0.480. The Hall–Kier alpha value is -1.97. The maximum atomic E-state index is 12.8. The third-order valence-electron chi connectivity index (χ3n) is 7.64. The number of morpholine rings is 1. The van der Waals surface area contributed by atoms with E-state index in [1.54, 1.807) is 17.5 Å². The van der Waals surface area contributed by atoms with Crippen LogP contribution in [0.5, 0.6) is 0 Å². The molecule has 2 aliphatic heterocycles. The van der Waals surface area contributed by atoms with E-state index in [0.717, 1.165) is 50.2 Å². The summed E-state index contributed by atoms with van der Waals surface area (Å²) in [4.78, 5) is 32.6. The topological polar surface area (TPSA) is 76.5 Å².